The van der Waals surface area contributed by atoms with E-state index in [9.17, 15) is 9.59 Å². The molecule has 0 fully saturated rings. The first kappa shape index (κ1) is 13.0. The Hall–Kier alpha value is -2.48. The van der Waals surface area contributed by atoms with E-state index < -0.39 is 12.1 Å². The first-order valence-corrected chi connectivity index (χ1v) is 5.57. The molecule has 0 radical (unpaired) electrons. The van der Waals surface area contributed by atoms with E-state index in [0.717, 1.165) is 0 Å². The van der Waals surface area contributed by atoms with Crippen LogP contribution in [-0.4, -0.2) is 50.1 Å². The zero-order chi connectivity index (χ0) is 13.8. The molecule has 0 saturated carbocycles. The molecule has 0 aliphatic carbocycles. The SMILES string of the molecule is O=C(NCC[C@H](O)C(=O)O)c1ccc2n[nH]nc2c1. The van der Waals surface area contributed by atoms with Gasteiger partial charge < -0.3 is 15.5 Å². The molecule has 1 heterocycles. The number of H-pyrrole nitrogens is 1. The fourth-order valence-corrected chi connectivity index (χ4v) is 1.53. The van der Waals surface area contributed by atoms with Crippen molar-refractivity contribution >= 4 is 22.9 Å². The monoisotopic (exact) mass is 264 g/mol. The summed E-state index contributed by atoms with van der Waals surface area (Å²) in [4.78, 5) is 22.1. The number of aliphatic carboxylic acids is 1. The molecule has 0 spiro atoms. The number of aromatic amines is 1. The lowest BCUT2D eigenvalue weighted by atomic mass is 10.2. The summed E-state index contributed by atoms with van der Waals surface area (Å²) < 4.78 is 0. The lowest BCUT2D eigenvalue weighted by Crippen LogP contribution is -2.30. The van der Waals surface area contributed by atoms with Gasteiger partial charge in [0.25, 0.3) is 5.91 Å². The first-order valence-electron chi connectivity index (χ1n) is 5.57. The number of rotatable bonds is 5. The van der Waals surface area contributed by atoms with Crippen LogP contribution in [0.15, 0.2) is 18.2 Å². The highest BCUT2D eigenvalue weighted by atomic mass is 16.4. The Morgan fingerprint density at radius 1 is 1.32 bits per heavy atom. The number of aliphatic hydroxyl groups is 1. The van der Waals surface area contributed by atoms with E-state index in [1.54, 1.807) is 18.2 Å². The van der Waals surface area contributed by atoms with E-state index in [1.807, 2.05) is 0 Å². The molecule has 0 saturated heterocycles. The van der Waals surface area contributed by atoms with Crippen molar-refractivity contribution in [2.24, 2.45) is 0 Å². The summed E-state index contributed by atoms with van der Waals surface area (Å²) in [7, 11) is 0. The van der Waals surface area contributed by atoms with Gasteiger partial charge >= 0.3 is 5.97 Å². The number of carbonyl (C=O) groups excluding carboxylic acids is 1. The van der Waals surface area contributed by atoms with Crippen molar-refractivity contribution in [3.05, 3.63) is 23.8 Å². The van der Waals surface area contributed by atoms with Gasteiger partial charge in [-0.2, -0.15) is 15.4 Å². The Morgan fingerprint density at radius 2 is 2.05 bits per heavy atom. The second kappa shape index (κ2) is 5.44. The van der Waals surface area contributed by atoms with Crippen LogP contribution in [-0.2, 0) is 4.79 Å². The quantitative estimate of drug-likeness (QED) is 0.577. The van der Waals surface area contributed by atoms with Crippen molar-refractivity contribution in [1.82, 2.24) is 20.7 Å². The molecule has 1 atom stereocenters. The van der Waals surface area contributed by atoms with Gasteiger partial charge in [0.2, 0.25) is 0 Å². The third kappa shape index (κ3) is 3.05. The summed E-state index contributed by atoms with van der Waals surface area (Å²) in [5.74, 6) is -1.67. The Labute approximate surface area is 107 Å². The van der Waals surface area contributed by atoms with E-state index in [-0.39, 0.29) is 18.9 Å². The highest BCUT2D eigenvalue weighted by molar-refractivity contribution is 5.97. The molecular weight excluding hydrogens is 252 g/mol. The summed E-state index contributed by atoms with van der Waals surface area (Å²) >= 11 is 0. The number of nitrogens with one attached hydrogen (secondary N) is 2. The zero-order valence-corrected chi connectivity index (χ0v) is 9.83. The first-order chi connectivity index (χ1) is 9.08. The molecule has 8 nitrogen and oxygen atoms in total. The molecule has 19 heavy (non-hydrogen) atoms. The van der Waals surface area contributed by atoms with Crippen molar-refractivity contribution < 1.29 is 19.8 Å². The Balaban J connectivity index is 1.94. The smallest absolute Gasteiger partial charge is 0.332 e. The number of benzene rings is 1. The molecule has 2 aromatic rings. The fourth-order valence-electron chi connectivity index (χ4n) is 1.53. The number of carboxylic acids is 1. The van der Waals surface area contributed by atoms with E-state index in [0.29, 0.717) is 16.6 Å². The number of amides is 1. The molecule has 0 unspecified atom stereocenters. The van der Waals surface area contributed by atoms with Crippen molar-refractivity contribution in [2.75, 3.05) is 6.54 Å². The van der Waals surface area contributed by atoms with Crippen LogP contribution in [0.5, 0.6) is 0 Å². The summed E-state index contributed by atoms with van der Waals surface area (Å²) in [5, 5.41) is 30.2. The van der Waals surface area contributed by atoms with Gasteiger partial charge in [-0.25, -0.2) is 4.79 Å². The summed E-state index contributed by atoms with van der Waals surface area (Å²) in [6.07, 6.45) is -1.52. The van der Waals surface area contributed by atoms with Gasteiger partial charge in [0.15, 0.2) is 6.10 Å². The van der Waals surface area contributed by atoms with Gasteiger partial charge in [0.1, 0.15) is 11.0 Å². The molecule has 100 valence electrons. The third-order valence-electron chi connectivity index (χ3n) is 2.57. The fraction of sp³-hybridized carbons (Fsp3) is 0.273. The van der Waals surface area contributed by atoms with Crippen LogP contribution in [0, 0.1) is 0 Å². The number of aliphatic hydroxyl groups excluding tert-OH is 1. The molecule has 1 aromatic carbocycles. The average molecular weight is 264 g/mol. The molecule has 0 aliphatic rings. The number of carboxylic acid groups (broad SMARTS) is 1. The van der Waals surface area contributed by atoms with Gasteiger partial charge in [-0.1, -0.05) is 0 Å². The zero-order valence-electron chi connectivity index (χ0n) is 9.83. The lowest BCUT2D eigenvalue weighted by molar-refractivity contribution is -0.146. The van der Waals surface area contributed by atoms with Crippen LogP contribution in [0.4, 0.5) is 0 Å². The minimum Gasteiger partial charge on any atom is -0.479 e. The standard InChI is InChI=1S/C11H12N4O4/c16-9(11(18)19)3-4-12-10(17)6-1-2-7-8(5-6)14-15-13-7/h1-2,5,9,16H,3-4H2,(H,12,17)(H,18,19)(H,13,14,15)/t9-/m0/s1. The van der Waals surface area contributed by atoms with Gasteiger partial charge in [0, 0.05) is 18.5 Å². The highest BCUT2D eigenvalue weighted by Crippen LogP contribution is 2.10. The maximum Gasteiger partial charge on any atom is 0.332 e. The van der Waals surface area contributed by atoms with E-state index >= 15 is 0 Å². The van der Waals surface area contributed by atoms with Crippen LogP contribution >= 0.6 is 0 Å². The van der Waals surface area contributed by atoms with Crippen LogP contribution in [0.2, 0.25) is 0 Å². The van der Waals surface area contributed by atoms with Gasteiger partial charge in [-0.3, -0.25) is 4.79 Å². The minimum atomic E-state index is -1.47. The molecule has 4 N–H and O–H groups in total. The van der Waals surface area contributed by atoms with Crippen molar-refractivity contribution in [1.29, 1.82) is 0 Å². The molecule has 1 amide bonds. The van der Waals surface area contributed by atoms with Crippen molar-refractivity contribution in [3.8, 4) is 0 Å². The van der Waals surface area contributed by atoms with E-state index in [4.69, 9.17) is 10.2 Å². The van der Waals surface area contributed by atoms with Crippen molar-refractivity contribution in [3.63, 3.8) is 0 Å². The van der Waals surface area contributed by atoms with Crippen LogP contribution in [0.3, 0.4) is 0 Å². The molecule has 2 rings (SSSR count). The van der Waals surface area contributed by atoms with Crippen molar-refractivity contribution in [2.45, 2.75) is 12.5 Å². The number of aromatic nitrogens is 3. The van der Waals surface area contributed by atoms with Gasteiger partial charge in [-0.05, 0) is 18.2 Å². The van der Waals surface area contributed by atoms with E-state index in [1.165, 1.54) is 0 Å². The maximum absolute atomic E-state index is 11.8. The summed E-state index contributed by atoms with van der Waals surface area (Å²) in [5.41, 5.74) is 1.61. The Morgan fingerprint density at radius 3 is 2.79 bits per heavy atom. The number of nitrogens with zero attached hydrogens (tertiary/aromatic N) is 2. The summed E-state index contributed by atoms with van der Waals surface area (Å²) in [6, 6.07) is 4.81. The molecular formula is C11H12N4O4. The van der Waals surface area contributed by atoms with Crippen LogP contribution < -0.4 is 5.32 Å². The second-order valence-corrected chi connectivity index (χ2v) is 3.93. The third-order valence-corrected chi connectivity index (χ3v) is 2.57. The van der Waals surface area contributed by atoms with Crippen LogP contribution in [0.25, 0.3) is 11.0 Å². The molecule has 0 aliphatic heterocycles. The average Bonchev–Trinajstić information content (AvgIpc) is 2.85. The highest BCUT2D eigenvalue weighted by Gasteiger charge is 2.13. The van der Waals surface area contributed by atoms with Gasteiger partial charge in [0.05, 0.1) is 0 Å². The molecule has 0 bridgehead atoms. The minimum absolute atomic E-state index is 0.0483. The second-order valence-electron chi connectivity index (χ2n) is 3.93. The number of hydrogen-bond donors (Lipinski definition) is 4. The Bertz CT molecular complexity index is 610. The number of carbonyl (C=O) groups is 2. The predicted molar refractivity (Wildman–Crippen MR) is 64.5 cm³/mol. The molecule has 8 heteroatoms. The topological polar surface area (TPSA) is 128 Å². The Kier molecular flexibility index (Phi) is 3.71. The summed E-state index contributed by atoms with van der Waals surface area (Å²) in [6.45, 7) is 0.0726. The predicted octanol–water partition coefficient (Wildman–Crippen LogP) is -0.477. The van der Waals surface area contributed by atoms with E-state index in [2.05, 4.69) is 20.7 Å². The maximum atomic E-state index is 11.8. The number of hydrogen-bond acceptors (Lipinski definition) is 5. The van der Waals surface area contributed by atoms with Crippen LogP contribution in [0.1, 0.15) is 16.8 Å². The number of fused-ring (bicyclic) bond motifs is 1. The molecule has 1 aromatic heterocycles. The lowest BCUT2D eigenvalue weighted by Gasteiger charge is -2.07. The van der Waals surface area contributed by atoms with Gasteiger partial charge in [-0.15, -0.1) is 0 Å². The normalized spacial score (nSPS) is 12.3. The largest absolute Gasteiger partial charge is 0.479 e.